The molecule has 4 heteroatoms. The average molecular weight is 210 g/mol. The number of amides is 1. The fourth-order valence-corrected chi connectivity index (χ4v) is 3.55. The molecule has 0 aromatic carbocycles. The summed E-state index contributed by atoms with van der Waals surface area (Å²) >= 11 is 1.87. The van der Waals surface area contributed by atoms with Gasteiger partial charge in [-0.05, 0) is 25.0 Å². The molecule has 1 saturated heterocycles. The highest BCUT2D eigenvalue weighted by Gasteiger charge is 2.36. The zero-order valence-electron chi connectivity index (χ0n) is 8.08. The highest BCUT2D eigenvalue weighted by atomic mass is 32.2. The number of hydrogen-bond acceptors (Lipinski definition) is 3. The van der Waals surface area contributed by atoms with E-state index in [0.29, 0.717) is 6.17 Å². The van der Waals surface area contributed by atoms with Gasteiger partial charge >= 0.3 is 0 Å². The lowest BCUT2D eigenvalue weighted by Gasteiger charge is -2.38. The summed E-state index contributed by atoms with van der Waals surface area (Å²) in [5.74, 6) is 2.27. The average Bonchev–Trinajstić information content (AvgIpc) is 2.66. The van der Waals surface area contributed by atoms with Crippen molar-refractivity contribution in [3.63, 3.8) is 0 Å². The summed E-state index contributed by atoms with van der Waals surface area (Å²) in [6, 6.07) is 0. The zero-order chi connectivity index (χ0) is 9.54. The highest BCUT2D eigenvalue weighted by Crippen LogP contribution is 2.33. The molecule has 0 saturated carbocycles. The van der Waals surface area contributed by atoms with E-state index in [2.05, 4.69) is 10.2 Å². The van der Waals surface area contributed by atoms with Crippen molar-refractivity contribution in [2.45, 2.75) is 25.4 Å². The molecule has 1 atom stereocenters. The van der Waals surface area contributed by atoms with Crippen molar-refractivity contribution in [1.82, 2.24) is 10.2 Å². The van der Waals surface area contributed by atoms with E-state index in [1.54, 1.807) is 0 Å². The Hall–Kier alpha value is -0.640. The molecule has 0 aromatic heterocycles. The van der Waals surface area contributed by atoms with Gasteiger partial charge in [-0.25, -0.2) is 0 Å². The van der Waals surface area contributed by atoms with Crippen LogP contribution in [0.25, 0.3) is 0 Å². The monoisotopic (exact) mass is 210 g/mol. The van der Waals surface area contributed by atoms with Gasteiger partial charge in [-0.15, -0.1) is 0 Å². The lowest BCUT2D eigenvalue weighted by atomic mass is 10.1. The summed E-state index contributed by atoms with van der Waals surface area (Å²) < 4.78 is 0. The molecule has 3 nitrogen and oxygen atoms in total. The number of fused-ring (bicyclic) bond motifs is 2. The predicted molar refractivity (Wildman–Crippen MR) is 56.8 cm³/mol. The Morgan fingerprint density at radius 2 is 2.43 bits per heavy atom. The fourth-order valence-electron chi connectivity index (χ4n) is 2.57. The van der Waals surface area contributed by atoms with Crippen molar-refractivity contribution in [2.75, 3.05) is 18.1 Å². The third-order valence-electron chi connectivity index (χ3n) is 3.25. The Balaban J connectivity index is 2.00. The Kier molecular flexibility index (Phi) is 1.97. The van der Waals surface area contributed by atoms with Gasteiger partial charge in [0.2, 0.25) is 0 Å². The van der Waals surface area contributed by atoms with Gasteiger partial charge in [0.1, 0.15) is 6.17 Å². The Morgan fingerprint density at radius 3 is 3.36 bits per heavy atom. The number of nitrogens with zero attached hydrogens (tertiary/aromatic N) is 1. The van der Waals surface area contributed by atoms with Crippen molar-refractivity contribution >= 4 is 17.7 Å². The number of hydrogen-bond donors (Lipinski definition) is 1. The van der Waals surface area contributed by atoms with Crippen molar-refractivity contribution in [2.24, 2.45) is 0 Å². The number of rotatable bonds is 0. The van der Waals surface area contributed by atoms with Gasteiger partial charge in [0, 0.05) is 23.6 Å². The molecule has 1 fully saturated rings. The first-order chi connectivity index (χ1) is 6.86. The van der Waals surface area contributed by atoms with Crippen LogP contribution in [0.3, 0.4) is 0 Å². The van der Waals surface area contributed by atoms with E-state index in [1.807, 2.05) is 11.8 Å². The van der Waals surface area contributed by atoms with Crippen molar-refractivity contribution in [1.29, 1.82) is 0 Å². The third-order valence-corrected chi connectivity index (χ3v) is 4.23. The van der Waals surface area contributed by atoms with Gasteiger partial charge in [-0.2, -0.15) is 11.8 Å². The van der Waals surface area contributed by atoms with E-state index in [1.165, 1.54) is 17.9 Å². The van der Waals surface area contributed by atoms with Gasteiger partial charge < -0.3 is 10.2 Å². The first-order valence-corrected chi connectivity index (χ1v) is 6.39. The maximum atomic E-state index is 11.8. The lowest BCUT2D eigenvalue weighted by Crippen LogP contribution is -2.50. The van der Waals surface area contributed by atoms with Gasteiger partial charge in [-0.3, -0.25) is 4.79 Å². The lowest BCUT2D eigenvalue weighted by molar-refractivity contribution is -0.120. The SMILES string of the molecule is O=C1NC2CCCN2C2=C1CSCC2. The molecule has 1 unspecified atom stereocenters. The minimum absolute atomic E-state index is 0.190. The second kappa shape index (κ2) is 3.19. The van der Waals surface area contributed by atoms with E-state index < -0.39 is 0 Å². The van der Waals surface area contributed by atoms with E-state index in [9.17, 15) is 4.79 Å². The number of carbonyl (C=O) groups excluding carboxylic acids is 1. The van der Waals surface area contributed by atoms with E-state index >= 15 is 0 Å². The second-order valence-electron chi connectivity index (χ2n) is 4.05. The first-order valence-electron chi connectivity index (χ1n) is 5.23. The summed E-state index contributed by atoms with van der Waals surface area (Å²) in [6.07, 6.45) is 3.73. The van der Waals surface area contributed by atoms with E-state index in [4.69, 9.17) is 0 Å². The van der Waals surface area contributed by atoms with Crippen LogP contribution in [0.5, 0.6) is 0 Å². The molecule has 14 heavy (non-hydrogen) atoms. The molecule has 0 spiro atoms. The van der Waals surface area contributed by atoms with Gasteiger partial charge in [0.25, 0.3) is 5.91 Å². The first kappa shape index (κ1) is 8.65. The van der Waals surface area contributed by atoms with Crippen LogP contribution < -0.4 is 5.32 Å². The standard InChI is InChI=1S/C10H14N2OS/c13-10-7-6-14-5-3-8(7)12-4-1-2-9(12)11-10/h9H,1-6H2,(H,11,13). The molecule has 0 radical (unpaired) electrons. The topological polar surface area (TPSA) is 32.3 Å². The Bertz CT molecular complexity index is 313. The maximum Gasteiger partial charge on any atom is 0.251 e. The predicted octanol–water partition coefficient (Wildman–Crippen LogP) is 0.929. The normalized spacial score (nSPS) is 31.3. The zero-order valence-corrected chi connectivity index (χ0v) is 8.90. The fraction of sp³-hybridized carbons (Fsp3) is 0.700. The molecule has 0 aromatic rings. The minimum atomic E-state index is 0.190. The summed E-state index contributed by atoms with van der Waals surface area (Å²) in [5, 5.41) is 3.09. The molecule has 1 amide bonds. The number of thioether (sulfide) groups is 1. The van der Waals surface area contributed by atoms with Crippen LogP contribution in [0.2, 0.25) is 0 Å². The summed E-state index contributed by atoms with van der Waals surface area (Å²) in [5.41, 5.74) is 2.38. The van der Waals surface area contributed by atoms with Crippen LogP contribution >= 0.6 is 11.8 Å². The summed E-state index contributed by atoms with van der Waals surface area (Å²) in [7, 11) is 0. The molecule has 3 aliphatic rings. The van der Waals surface area contributed by atoms with Crippen LogP contribution in [0.4, 0.5) is 0 Å². The molecule has 1 N–H and O–H groups in total. The third kappa shape index (κ3) is 1.16. The Morgan fingerprint density at radius 1 is 1.50 bits per heavy atom. The number of nitrogens with one attached hydrogen (secondary N) is 1. The van der Waals surface area contributed by atoms with Crippen LogP contribution in [0.15, 0.2) is 11.3 Å². The van der Waals surface area contributed by atoms with E-state index in [-0.39, 0.29) is 5.91 Å². The number of carbonyl (C=O) groups is 1. The molecular weight excluding hydrogens is 196 g/mol. The number of allylic oxidation sites excluding steroid dienone is 1. The van der Waals surface area contributed by atoms with Crippen LogP contribution in [0, 0.1) is 0 Å². The Labute approximate surface area is 87.9 Å². The molecule has 0 bridgehead atoms. The molecule has 3 heterocycles. The van der Waals surface area contributed by atoms with Crippen molar-refractivity contribution < 1.29 is 4.79 Å². The highest BCUT2D eigenvalue weighted by molar-refractivity contribution is 7.99. The smallest absolute Gasteiger partial charge is 0.251 e. The maximum absolute atomic E-state index is 11.8. The quantitative estimate of drug-likeness (QED) is 0.645. The molecular formula is C10H14N2OS. The van der Waals surface area contributed by atoms with Crippen molar-refractivity contribution in [3.8, 4) is 0 Å². The van der Waals surface area contributed by atoms with Crippen LogP contribution in [-0.2, 0) is 4.79 Å². The van der Waals surface area contributed by atoms with Crippen LogP contribution in [0.1, 0.15) is 19.3 Å². The minimum Gasteiger partial charge on any atom is -0.354 e. The van der Waals surface area contributed by atoms with Gasteiger partial charge in [-0.1, -0.05) is 0 Å². The molecule has 0 aliphatic carbocycles. The largest absolute Gasteiger partial charge is 0.354 e. The van der Waals surface area contributed by atoms with Crippen molar-refractivity contribution in [3.05, 3.63) is 11.3 Å². The van der Waals surface area contributed by atoms with Crippen LogP contribution in [-0.4, -0.2) is 35.0 Å². The molecule has 3 rings (SSSR count). The van der Waals surface area contributed by atoms with E-state index in [0.717, 1.165) is 30.7 Å². The molecule has 3 aliphatic heterocycles. The second-order valence-corrected chi connectivity index (χ2v) is 5.16. The molecule has 76 valence electrons. The van der Waals surface area contributed by atoms with Gasteiger partial charge in [0.15, 0.2) is 0 Å². The van der Waals surface area contributed by atoms with Gasteiger partial charge in [0.05, 0.1) is 0 Å². The summed E-state index contributed by atoms with van der Waals surface area (Å²) in [6.45, 7) is 1.13. The summed E-state index contributed by atoms with van der Waals surface area (Å²) in [4.78, 5) is 14.2.